The van der Waals surface area contributed by atoms with E-state index in [2.05, 4.69) is 5.32 Å². The Kier molecular flexibility index (Phi) is 2.72. The molecule has 2 saturated heterocycles. The average molecular weight is 200 g/mol. The van der Waals surface area contributed by atoms with Crippen LogP contribution in [0.1, 0.15) is 19.8 Å². The molecule has 1 N–H and O–H groups in total. The van der Waals surface area contributed by atoms with E-state index >= 15 is 0 Å². The summed E-state index contributed by atoms with van der Waals surface area (Å²) in [7, 11) is 0. The molecule has 4 heteroatoms. The Morgan fingerprint density at radius 1 is 1.50 bits per heavy atom. The minimum atomic E-state index is -0.802. The predicted octanol–water partition coefficient (Wildman–Crippen LogP) is 0.555. The van der Waals surface area contributed by atoms with Gasteiger partial charge in [-0.3, -0.25) is 4.79 Å². The van der Waals surface area contributed by atoms with Gasteiger partial charge in [0, 0.05) is 12.6 Å². The second-order valence-electron chi connectivity index (χ2n) is 4.31. The van der Waals surface area contributed by atoms with Gasteiger partial charge in [0.25, 0.3) is 0 Å². The van der Waals surface area contributed by atoms with Crippen LogP contribution in [0, 0.1) is 5.92 Å². The third-order valence-corrected chi connectivity index (χ3v) is 3.28. The molecular weight excluding hydrogens is 183 g/mol. The molecule has 0 aromatic heterocycles. The Hall–Kier alpha value is -0.640. The number of nitrogens with one attached hydrogen (secondary N) is 1. The molecule has 14 heavy (non-hydrogen) atoms. The zero-order valence-corrected chi connectivity index (χ0v) is 8.50. The van der Waals surface area contributed by atoms with Gasteiger partial charge in [0.15, 0.2) is 0 Å². The Bertz CT molecular complexity index is 234. The summed E-state index contributed by atoms with van der Waals surface area (Å²) < 4.78 is 12.9. The molecule has 2 aliphatic rings. The molecule has 0 aromatic rings. The van der Waals surface area contributed by atoms with Crippen molar-refractivity contribution in [1.82, 2.24) is 10.2 Å². The van der Waals surface area contributed by atoms with E-state index in [9.17, 15) is 9.18 Å². The van der Waals surface area contributed by atoms with Gasteiger partial charge < -0.3 is 10.2 Å². The highest BCUT2D eigenvalue weighted by Crippen LogP contribution is 2.21. The molecule has 0 aromatic carbocycles. The zero-order valence-electron chi connectivity index (χ0n) is 8.50. The highest BCUT2D eigenvalue weighted by Gasteiger charge is 2.35. The highest BCUT2D eigenvalue weighted by molar-refractivity contribution is 5.80. The lowest BCUT2D eigenvalue weighted by Crippen LogP contribution is -2.39. The maximum Gasteiger partial charge on any atom is 0.227 e. The number of likely N-dealkylation sites (tertiary alicyclic amines) is 1. The van der Waals surface area contributed by atoms with Crippen LogP contribution in [-0.2, 0) is 4.79 Å². The van der Waals surface area contributed by atoms with Gasteiger partial charge in [-0.1, -0.05) is 0 Å². The first-order valence-corrected chi connectivity index (χ1v) is 5.34. The van der Waals surface area contributed by atoms with Crippen LogP contribution in [0.4, 0.5) is 4.39 Å². The van der Waals surface area contributed by atoms with E-state index in [1.165, 1.54) is 0 Å². The quantitative estimate of drug-likeness (QED) is 0.670. The first kappa shape index (κ1) is 9.90. The maximum absolute atomic E-state index is 12.9. The van der Waals surface area contributed by atoms with Gasteiger partial charge in [-0.15, -0.1) is 0 Å². The molecule has 0 aliphatic carbocycles. The van der Waals surface area contributed by atoms with Crippen LogP contribution in [0.15, 0.2) is 0 Å². The summed E-state index contributed by atoms with van der Waals surface area (Å²) in [6.07, 6.45) is 0.608. The minimum Gasteiger partial charge on any atom is -0.339 e. The molecule has 80 valence electrons. The molecule has 3 atom stereocenters. The van der Waals surface area contributed by atoms with E-state index in [0.29, 0.717) is 19.5 Å². The Labute approximate surface area is 83.6 Å². The summed E-state index contributed by atoms with van der Waals surface area (Å²) in [5, 5.41) is 3.24. The summed E-state index contributed by atoms with van der Waals surface area (Å²) in [5.74, 6) is 0.211. The monoisotopic (exact) mass is 200 g/mol. The number of carbonyl (C=O) groups is 1. The van der Waals surface area contributed by atoms with Crippen LogP contribution < -0.4 is 5.32 Å². The molecule has 0 saturated carbocycles. The van der Waals surface area contributed by atoms with Crippen molar-refractivity contribution in [2.45, 2.75) is 32.0 Å². The standard InChI is InChI=1S/C10H17FN2O/c1-7-9(2-4-12-7)10(14)13-5-3-8(11)6-13/h7-9,12H,2-6H2,1H3. The number of nitrogens with zero attached hydrogens (tertiary/aromatic N) is 1. The summed E-state index contributed by atoms with van der Waals surface area (Å²) in [4.78, 5) is 13.6. The minimum absolute atomic E-state index is 0.0697. The first-order chi connectivity index (χ1) is 6.68. The molecule has 2 fully saturated rings. The molecule has 0 radical (unpaired) electrons. The molecule has 3 unspecified atom stereocenters. The Morgan fingerprint density at radius 2 is 2.29 bits per heavy atom. The number of alkyl halides is 1. The van der Waals surface area contributed by atoms with Crippen LogP contribution in [0.3, 0.4) is 0 Å². The molecule has 0 bridgehead atoms. The van der Waals surface area contributed by atoms with Crippen molar-refractivity contribution in [3.63, 3.8) is 0 Å². The van der Waals surface area contributed by atoms with E-state index in [1.54, 1.807) is 4.90 Å². The predicted molar refractivity (Wildman–Crippen MR) is 51.7 cm³/mol. The SMILES string of the molecule is CC1NCCC1C(=O)N1CCC(F)C1. The largest absolute Gasteiger partial charge is 0.339 e. The van der Waals surface area contributed by atoms with E-state index in [4.69, 9.17) is 0 Å². The van der Waals surface area contributed by atoms with Crippen LogP contribution in [0.2, 0.25) is 0 Å². The number of hydrogen-bond acceptors (Lipinski definition) is 2. The average Bonchev–Trinajstić information content (AvgIpc) is 2.73. The normalized spacial score (nSPS) is 37.9. The molecule has 2 heterocycles. The van der Waals surface area contributed by atoms with Gasteiger partial charge in [-0.2, -0.15) is 0 Å². The molecule has 2 aliphatic heterocycles. The van der Waals surface area contributed by atoms with Crippen molar-refractivity contribution < 1.29 is 9.18 Å². The second kappa shape index (κ2) is 3.85. The highest BCUT2D eigenvalue weighted by atomic mass is 19.1. The fourth-order valence-electron chi connectivity index (χ4n) is 2.35. The summed E-state index contributed by atoms with van der Waals surface area (Å²) >= 11 is 0. The van der Waals surface area contributed by atoms with Crippen LogP contribution in [0.25, 0.3) is 0 Å². The fourth-order valence-corrected chi connectivity index (χ4v) is 2.35. The Balaban J connectivity index is 1.94. The molecule has 1 amide bonds. The number of halogens is 1. The molecule has 2 rings (SSSR count). The van der Waals surface area contributed by atoms with Crippen LogP contribution in [0.5, 0.6) is 0 Å². The number of rotatable bonds is 1. The van der Waals surface area contributed by atoms with Crippen molar-refractivity contribution in [3.8, 4) is 0 Å². The van der Waals surface area contributed by atoms with E-state index in [1.807, 2.05) is 6.92 Å². The lowest BCUT2D eigenvalue weighted by atomic mass is 10.0. The Morgan fingerprint density at radius 3 is 2.79 bits per heavy atom. The topological polar surface area (TPSA) is 32.3 Å². The molecule has 0 spiro atoms. The van der Waals surface area contributed by atoms with E-state index in [-0.39, 0.29) is 17.9 Å². The third kappa shape index (κ3) is 1.75. The summed E-state index contributed by atoms with van der Waals surface area (Å²) in [6, 6.07) is 0.251. The van der Waals surface area contributed by atoms with Crippen molar-refractivity contribution in [2.24, 2.45) is 5.92 Å². The van der Waals surface area contributed by atoms with Crippen LogP contribution in [-0.4, -0.2) is 42.7 Å². The zero-order chi connectivity index (χ0) is 10.1. The van der Waals surface area contributed by atoms with Gasteiger partial charge in [0.05, 0.1) is 12.5 Å². The van der Waals surface area contributed by atoms with E-state index < -0.39 is 6.17 Å². The fraction of sp³-hybridized carbons (Fsp3) is 0.900. The number of carbonyl (C=O) groups excluding carboxylic acids is 1. The number of hydrogen-bond donors (Lipinski definition) is 1. The van der Waals surface area contributed by atoms with Crippen molar-refractivity contribution in [2.75, 3.05) is 19.6 Å². The lowest BCUT2D eigenvalue weighted by Gasteiger charge is -2.22. The molecule has 3 nitrogen and oxygen atoms in total. The third-order valence-electron chi connectivity index (χ3n) is 3.28. The second-order valence-corrected chi connectivity index (χ2v) is 4.31. The molecular formula is C10H17FN2O. The van der Waals surface area contributed by atoms with Gasteiger partial charge in [0.1, 0.15) is 6.17 Å². The van der Waals surface area contributed by atoms with Crippen molar-refractivity contribution in [1.29, 1.82) is 0 Å². The van der Waals surface area contributed by atoms with Gasteiger partial charge >= 0.3 is 0 Å². The first-order valence-electron chi connectivity index (χ1n) is 5.34. The number of amides is 1. The van der Waals surface area contributed by atoms with Crippen molar-refractivity contribution in [3.05, 3.63) is 0 Å². The smallest absolute Gasteiger partial charge is 0.227 e. The summed E-state index contributed by atoms with van der Waals surface area (Å²) in [5.41, 5.74) is 0. The van der Waals surface area contributed by atoms with Crippen LogP contribution >= 0.6 is 0 Å². The maximum atomic E-state index is 12.9. The van der Waals surface area contributed by atoms with Crippen molar-refractivity contribution >= 4 is 5.91 Å². The lowest BCUT2D eigenvalue weighted by molar-refractivity contribution is -0.134. The van der Waals surface area contributed by atoms with E-state index in [0.717, 1.165) is 13.0 Å². The van der Waals surface area contributed by atoms with Gasteiger partial charge in [0.2, 0.25) is 5.91 Å². The summed E-state index contributed by atoms with van der Waals surface area (Å²) in [6.45, 7) is 3.84. The van der Waals surface area contributed by atoms with Gasteiger partial charge in [-0.25, -0.2) is 4.39 Å². The van der Waals surface area contributed by atoms with Gasteiger partial charge in [-0.05, 0) is 26.3 Å².